The molecule has 1 aliphatic heterocycles. The van der Waals surface area contributed by atoms with Crippen molar-refractivity contribution in [2.75, 3.05) is 42.2 Å². The van der Waals surface area contributed by atoms with Gasteiger partial charge in [0.2, 0.25) is 15.6 Å². The first-order chi connectivity index (χ1) is 17.1. The van der Waals surface area contributed by atoms with Gasteiger partial charge in [-0.25, -0.2) is 0 Å². The Morgan fingerprint density at radius 3 is 2.42 bits per heavy atom. The molecule has 2 aromatic rings. The highest BCUT2D eigenvalue weighted by Crippen LogP contribution is 2.35. The standard InChI is InChI=1S/C24H29Cl3N6O2S/c1-29-18-5-2-3-6-19(18)32-13-4-14-33(23(32)36)22(24(25,26)27)31-20(34)12-9-16-7-10-17(11-8-16)30-21(35)15-28/h2-3,5-8,10-11,22,29H,4,9,12-15,28H2,1H3,(H,30,35)(H,31,34). The van der Waals surface area contributed by atoms with Crippen LogP contribution >= 0.6 is 47.0 Å². The van der Waals surface area contributed by atoms with Gasteiger partial charge in [-0.05, 0) is 54.9 Å². The highest BCUT2D eigenvalue weighted by Gasteiger charge is 2.42. The van der Waals surface area contributed by atoms with Crippen LogP contribution < -0.4 is 26.6 Å². The lowest BCUT2D eigenvalue weighted by atomic mass is 10.1. The zero-order chi connectivity index (χ0) is 26.3. The van der Waals surface area contributed by atoms with Crippen LogP contribution in [0.15, 0.2) is 48.5 Å². The van der Waals surface area contributed by atoms with Crippen LogP contribution in [0.3, 0.4) is 0 Å². The lowest BCUT2D eigenvalue weighted by molar-refractivity contribution is -0.122. The number of nitrogens with two attached hydrogens (primary N) is 1. The van der Waals surface area contributed by atoms with Crippen molar-refractivity contribution >= 4 is 81.0 Å². The third-order valence-electron chi connectivity index (χ3n) is 5.70. The van der Waals surface area contributed by atoms with Gasteiger partial charge in [-0.1, -0.05) is 59.1 Å². The molecule has 1 aliphatic rings. The number of rotatable bonds is 9. The minimum absolute atomic E-state index is 0.0908. The molecule has 36 heavy (non-hydrogen) atoms. The van der Waals surface area contributed by atoms with E-state index in [4.69, 9.17) is 52.8 Å². The van der Waals surface area contributed by atoms with E-state index < -0.39 is 9.96 Å². The van der Waals surface area contributed by atoms with Crippen LogP contribution in [-0.4, -0.2) is 58.5 Å². The minimum atomic E-state index is -1.81. The molecule has 12 heteroatoms. The van der Waals surface area contributed by atoms with Crippen molar-refractivity contribution in [3.8, 4) is 0 Å². The second kappa shape index (κ2) is 12.8. The number of carbonyl (C=O) groups is 2. The largest absolute Gasteiger partial charge is 0.386 e. The van der Waals surface area contributed by atoms with Crippen LogP contribution in [0.25, 0.3) is 0 Å². The smallest absolute Gasteiger partial charge is 0.238 e. The number of nitrogens with zero attached hydrogens (tertiary/aromatic N) is 2. The summed E-state index contributed by atoms with van der Waals surface area (Å²) in [7, 11) is 1.84. The first-order valence-corrected chi connectivity index (χ1v) is 13.0. The topological polar surface area (TPSA) is 103 Å². The fourth-order valence-corrected chi connectivity index (χ4v) is 4.82. The molecule has 1 unspecified atom stereocenters. The second-order valence-corrected chi connectivity index (χ2v) is 10.9. The summed E-state index contributed by atoms with van der Waals surface area (Å²) in [5.41, 5.74) is 8.70. The molecule has 8 nitrogen and oxygen atoms in total. The number of amides is 2. The number of hydrogen-bond donors (Lipinski definition) is 4. The molecule has 2 amide bonds. The molecule has 1 fully saturated rings. The number of halogens is 3. The number of alkyl halides is 3. The van der Waals surface area contributed by atoms with E-state index in [-0.39, 0.29) is 24.8 Å². The number of aryl methyl sites for hydroxylation is 1. The van der Waals surface area contributed by atoms with E-state index in [0.29, 0.717) is 30.3 Å². The molecule has 3 rings (SSSR count). The van der Waals surface area contributed by atoms with E-state index in [1.807, 2.05) is 48.3 Å². The zero-order valence-corrected chi connectivity index (χ0v) is 22.9. The Morgan fingerprint density at radius 1 is 1.08 bits per heavy atom. The molecule has 1 atom stereocenters. The van der Waals surface area contributed by atoms with Gasteiger partial charge >= 0.3 is 0 Å². The number of benzene rings is 2. The molecular weight excluding hydrogens is 543 g/mol. The van der Waals surface area contributed by atoms with E-state index in [1.54, 1.807) is 17.0 Å². The van der Waals surface area contributed by atoms with Crippen molar-refractivity contribution in [3.63, 3.8) is 0 Å². The maximum Gasteiger partial charge on any atom is 0.238 e. The fraction of sp³-hybridized carbons (Fsp3) is 0.375. The summed E-state index contributed by atoms with van der Waals surface area (Å²) in [5, 5.41) is 9.18. The SMILES string of the molecule is CNc1ccccc1N1CCCN(C(NC(=O)CCc2ccc(NC(=O)CN)cc2)C(Cl)(Cl)Cl)C1=S. The molecule has 1 heterocycles. The van der Waals surface area contributed by atoms with Gasteiger partial charge in [0, 0.05) is 32.2 Å². The molecule has 0 spiro atoms. The summed E-state index contributed by atoms with van der Waals surface area (Å²) in [6.07, 6.45) is 0.466. The quantitative estimate of drug-likeness (QED) is 0.268. The highest BCUT2D eigenvalue weighted by molar-refractivity contribution is 7.80. The zero-order valence-electron chi connectivity index (χ0n) is 19.8. The van der Waals surface area contributed by atoms with Crippen molar-refractivity contribution in [1.82, 2.24) is 10.2 Å². The predicted molar refractivity (Wildman–Crippen MR) is 152 cm³/mol. The van der Waals surface area contributed by atoms with E-state index in [9.17, 15) is 9.59 Å². The average Bonchev–Trinajstić information content (AvgIpc) is 2.86. The van der Waals surface area contributed by atoms with Gasteiger partial charge in [-0.2, -0.15) is 0 Å². The van der Waals surface area contributed by atoms with Gasteiger partial charge in [0.15, 0.2) is 11.3 Å². The third-order valence-corrected chi connectivity index (χ3v) is 6.78. The molecule has 0 saturated carbocycles. The molecule has 0 aliphatic carbocycles. The summed E-state index contributed by atoms with van der Waals surface area (Å²) in [6.45, 7) is 1.15. The van der Waals surface area contributed by atoms with Crippen LogP contribution in [0.4, 0.5) is 17.1 Å². The van der Waals surface area contributed by atoms with Gasteiger partial charge in [0.25, 0.3) is 0 Å². The number of anilines is 3. The van der Waals surface area contributed by atoms with E-state index in [1.165, 1.54) is 0 Å². The summed E-state index contributed by atoms with van der Waals surface area (Å²) in [4.78, 5) is 28.0. The van der Waals surface area contributed by atoms with Crippen LogP contribution in [0.2, 0.25) is 0 Å². The normalized spacial score (nSPS) is 14.9. The lowest BCUT2D eigenvalue weighted by Gasteiger charge is -2.45. The summed E-state index contributed by atoms with van der Waals surface area (Å²) in [6, 6.07) is 15.0. The van der Waals surface area contributed by atoms with Crippen molar-refractivity contribution in [1.29, 1.82) is 0 Å². The Balaban J connectivity index is 1.67. The van der Waals surface area contributed by atoms with Crippen molar-refractivity contribution in [2.24, 2.45) is 5.73 Å². The number of thiocarbonyl (C=S) groups is 1. The molecular formula is C24H29Cl3N6O2S. The Labute approximate surface area is 231 Å². The third kappa shape index (κ3) is 7.36. The monoisotopic (exact) mass is 570 g/mol. The number of para-hydroxylation sites is 2. The summed E-state index contributed by atoms with van der Waals surface area (Å²) >= 11 is 24.8. The number of carbonyl (C=O) groups excluding carboxylic acids is 2. The van der Waals surface area contributed by atoms with E-state index in [2.05, 4.69) is 16.0 Å². The average molecular weight is 572 g/mol. The Hall–Kier alpha value is -2.30. The Morgan fingerprint density at radius 2 is 1.78 bits per heavy atom. The fourth-order valence-electron chi connectivity index (χ4n) is 3.91. The maximum absolute atomic E-state index is 12.9. The maximum atomic E-state index is 12.9. The molecule has 1 saturated heterocycles. The molecule has 0 radical (unpaired) electrons. The van der Waals surface area contributed by atoms with E-state index in [0.717, 1.165) is 23.4 Å². The van der Waals surface area contributed by atoms with Crippen LogP contribution in [-0.2, 0) is 16.0 Å². The first-order valence-electron chi connectivity index (χ1n) is 11.4. The summed E-state index contributed by atoms with van der Waals surface area (Å²) < 4.78 is -1.81. The highest BCUT2D eigenvalue weighted by atomic mass is 35.6. The van der Waals surface area contributed by atoms with Crippen LogP contribution in [0.5, 0.6) is 0 Å². The van der Waals surface area contributed by atoms with Gasteiger partial charge in [-0.3, -0.25) is 9.59 Å². The van der Waals surface area contributed by atoms with Gasteiger partial charge in [0.1, 0.15) is 0 Å². The molecule has 0 bridgehead atoms. The molecule has 194 valence electrons. The van der Waals surface area contributed by atoms with Crippen molar-refractivity contribution in [3.05, 3.63) is 54.1 Å². The predicted octanol–water partition coefficient (Wildman–Crippen LogP) is 3.87. The minimum Gasteiger partial charge on any atom is -0.386 e. The number of nitrogens with one attached hydrogen (secondary N) is 3. The van der Waals surface area contributed by atoms with Gasteiger partial charge in [0.05, 0.1) is 17.9 Å². The number of hydrogen-bond acceptors (Lipinski definition) is 5. The Bertz CT molecular complexity index is 1080. The second-order valence-electron chi connectivity index (χ2n) is 8.21. The van der Waals surface area contributed by atoms with Crippen molar-refractivity contribution in [2.45, 2.75) is 29.2 Å². The van der Waals surface area contributed by atoms with Crippen LogP contribution in [0, 0.1) is 0 Å². The first kappa shape index (κ1) is 28.3. The van der Waals surface area contributed by atoms with Gasteiger partial charge in [-0.15, -0.1) is 0 Å². The summed E-state index contributed by atoms with van der Waals surface area (Å²) in [5.74, 6) is -0.550. The Kier molecular flexibility index (Phi) is 10.0. The molecule has 5 N–H and O–H groups in total. The van der Waals surface area contributed by atoms with Gasteiger partial charge < -0.3 is 31.5 Å². The van der Waals surface area contributed by atoms with E-state index >= 15 is 0 Å². The molecule has 2 aromatic carbocycles. The van der Waals surface area contributed by atoms with Crippen LogP contribution in [0.1, 0.15) is 18.4 Å². The molecule has 0 aromatic heterocycles. The lowest BCUT2D eigenvalue weighted by Crippen LogP contribution is -2.62. The van der Waals surface area contributed by atoms with Crippen molar-refractivity contribution < 1.29 is 9.59 Å².